The maximum atomic E-state index is 12.9. The lowest BCUT2D eigenvalue weighted by molar-refractivity contribution is 0.206. The zero-order chi connectivity index (χ0) is 22.0. The maximum absolute atomic E-state index is 12.9. The summed E-state index contributed by atoms with van der Waals surface area (Å²) in [4.78, 5) is 31.1. The van der Waals surface area contributed by atoms with Gasteiger partial charge in [-0.15, -0.1) is 0 Å². The highest BCUT2D eigenvalue weighted by Gasteiger charge is 2.28. The van der Waals surface area contributed by atoms with E-state index in [-0.39, 0.29) is 6.03 Å². The van der Waals surface area contributed by atoms with Gasteiger partial charge in [0.1, 0.15) is 11.6 Å². The summed E-state index contributed by atoms with van der Waals surface area (Å²) in [5, 5.41) is 2.97. The molecule has 2 aromatic rings. The van der Waals surface area contributed by atoms with Crippen molar-refractivity contribution in [1.82, 2.24) is 19.8 Å². The van der Waals surface area contributed by atoms with E-state index in [2.05, 4.69) is 22.2 Å². The van der Waals surface area contributed by atoms with E-state index in [4.69, 9.17) is 14.7 Å². The normalized spacial score (nSPS) is 16.6. The molecule has 0 atom stereocenters. The Bertz CT molecular complexity index is 941. The fourth-order valence-corrected chi connectivity index (χ4v) is 3.98. The van der Waals surface area contributed by atoms with Gasteiger partial charge >= 0.3 is 6.03 Å². The Balaban J connectivity index is 1.53. The van der Waals surface area contributed by atoms with Crippen LogP contribution in [0.3, 0.4) is 0 Å². The molecule has 1 aromatic carbocycles. The summed E-state index contributed by atoms with van der Waals surface area (Å²) >= 11 is 0. The predicted octanol–water partition coefficient (Wildman–Crippen LogP) is 1.89. The number of fused-ring (bicyclic) bond motifs is 1. The van der Waals surface area contributed by atoms with Crippen LogP contribution in [0.4, 0.5) is 22.2 Å². The first-order valence-electron chi connectivity index (χ1n) is 10.6. The van der Waals surface area contributed by atoms with Crippen LogP contribution in [-0.2, 0) is 13.0 Å². The summed E-state index contributed by atoms with van der Waals surface area (Å²) in [6.45, 7) is 4.98. The number of hydrogen-bond acceptors (Lipinski definition) is 7. The van der Waals surface area contributed by atoms with Crippen LogP contribution in [0.5, 0.6) is 5.75 Å². The topological polar surface area (TPSA) is 77.1 Å². The number of nitrogens with one attached hydrogen (secondary N) is 1. The summed E-state index contributed by atoms with van der Waals surface area (Å²) in [7, 11) is 7.74. The lowest BCUT2D eigenvalue weighted by atomic mass is 10.1. The van der Waals surface area contributed by atoms with Crippen LogP contribution >= 0.6 is 0 Å². The number of carbonyl (C=O) groups excluding carboxylic acids is 1. The Hall–Kier alpha value is -3.07. The van der Waals surface area contributed by atoms with Gasteiger partial charge in [-0.25, -0.2) is 9.78 Å². The number of rotatable bonds is 4. The molecule has 0 spiro atoms. The number of likely N-dealkylation sites (N-methyl/N-ethyl adjacent to an activating group) is 1. The van der Waals surface area contributed by atoms with Gasteiger partial charge in [-0.05, 0) is 19.2 Å². The molecule has 0 saturated carbocycles. The van der Waals surface area contributed by atoms with Crippen LogP contribution in [0.25, 0.3) is 0 Å². The van der Waals surface area contributed by atoms with Crippen molar-refractivity contribution in [3.8, 4) is 5.75 Å². The molecular weight excluding hydrogens is 394 g/mol. The van der Waals surface area contributed by atoms with E-state index in [1.54, 1.807) is 7.11 Å². The largest absolute Gasteiger partial charge is 0.497 e. The van der Waals surface area contributed by atoms with Crippen LogP contribution < -0.4 is 19.9 Å². The number of urea groups is 1. The Morgan fingerprint density at radius 3 is 2.61 bits per heavy atom. The minimum Gasteiger partial charge on any atom is -0.497 e. The Morgan fingerprint density at radius 2 is 1.90 bits per heavy atom. The number of amides is 2. The number of anilines is 3. The zero-order valence-electron chi connectivity index (χ0n) is 18.8. The van der Waals surface area contributed by atoms with E-state index in [1.807, 2.05) is 48.2 Å². The van der Waals surface area contributed by atoms with Gasteiger partial charge in [0.15, 0.2) is 0 Å². The molecule has 0 radical (unpaired) electrons. The SMILES string of the molecule is COc1cccc(NC(=O)N2CCc3nc(N4CCN(C)CC4)nc(N(C)C)c3C2)c1. The smallest absolute Gasteiger partial charge is 0.322 e. The first kappa shape index (κ1) is 21.2. The second-order valence-electron chi connectivity index (χ2n) is 8.29. The van der Waals surface area contributed by atoms with Gasteiger partial charge in [0.25, 0.3) is 0 Å². The summed E-state index contributed by atoms with van der Waals surface area (Å²) in [6.07, 6.45) is 0.713. The van der Waals surface area contributed by atoms with Crippen molar-refractivity contribution in [2.45, 2.75) is 13.0 Å². The van der Waals surface area contributed by atoms with Gasteiger partial charge in [0.2, 0.25) is 5.95 Å². The minimum absolute atomic E-state index is 0.133. The third-order valence-electron chi connectivity index (χ3n) is 5.84. The average molecular weight is 426 g/mol. The molecule has 1 saturated heterocycles. The van der Waals surface area contributed by atoms with E-state index >= 15 is 0 Å². The van der Waals surface area contributed by atoms with Gasteiger partial charge in [-0.1, -0.05) is 6.07 Å². The highest BCUT2D eigenvalue weighted by molar-refractivity contribution is 5.89. The molecule has 1 N–H and O–H groups in total. The summed E-state index contributed by atoms with van der Waals surface area (Å²) < 4.78 is 5.24. The van der Waals surface area contributed by atoms with Gasteiger partial charge in [0.05, 0.1) is 19.3 Å². The predicted molar refractivity (Wildman–Crippen MR) is 122 cm³/mol. The first-order valence-corrected chi connectivity index (χ1v) is 10.6. The summed E-state index contributed by atoms with van der Waals surface area (Å²) in [5.41, 5.74) is 2.78. The van der Waals surface area contributed by atoms with Crippen molar-refractivity contribution < 1.29 is 9.53 Å². The molecule has 2 aliphatic heterocycles. The lowest BCUT2D eigenvalue weighted by Gasteiger charge is -2.35. The number of ether oxygens (including phenoxy) is 1. The van der Waals surface area contributed by atoms with Crippen molar-refractivity contribution in [3.05, 3.63) is 35.5 Å². The molecule has 0 aliphatic carbocycles. The van der Waals surface area contributed by atoms with Crippen molar-refractivity contribution in [2.24, 2.45) is 0 Å². The minimum atomic E-state index is -0.133. The molecule has 2 aliphatic rings. The number of nitrogens with zero attached hydrogens (tertiary/aromatic N) is 6. The third kappa shape index (κ3) is 4.66. The molecule has 1 aromatic heterocycles. The second kappa shape index (κ2) is 8.97. The van der Waals surface area contributed by atoms with E-state index in [0.717, 1.165) is 49.2 Å². The molecule has 1 fully saturated rings. The molecule has 0 bridgehead atoms. The fraction of sp³-hybridized carbons (Fsp3) is 0.500. The van der Waals surface area contributed by atoms with Crippen LogP contribution in [0.15, 0.2) is 24.3 Å². The molecule has 31 heavy (non-hydrogen) atoms. The van der Waals surface area contributed by atoms with E-state index in [1.165, 1.54) is 0 Å². The maximum Gasteiger partial charge on any atom is 0.322 e. The van der Waals surface area contributed by atoms with Crippen LogP contribution in [0.1, 0.15) is 11.3 Å². The monoisotopic (exact) mass is 425 g/mol. The third-order valence-corrected chi connectivity index (χ3v) is 5.84. The number of piperazine rings is 1. The van der Waals surface area contributed by atoms with Gasteiger partial charge in [-0.2, -0.15) is 4.98 Å². The average Bonchev–Trinajstić information content (AvgIpc) is 2.78. The van der Waals surface area contributed by atoms with Gasteiger partial charge in [-0.3, -0.25) is 0 Å². The molecule has 2 amide bonds. The Labute approximate surface area is 183 Å². The molecule has 9 heteroatoms. The van der Waals surface area contributed by atoms with Crippen molar-refractivity contribution in [3.63, 3.8) is 0 Å². The van der Waals surface area contributed by atoms with E-state index < -0.39 is 0 Å². The molecule has 166 valence electrons. The van der Waals surface area contributed by atoms with Crippen molar-refractivity contribution in [1.29, 1.82) is 0 Å². The number of aromatic nitrogens is 2. The second-order valence-corrected chi connectivity index (χ2v) is 8.29. The summed E-state index contributed by atoms with van der Waals surface area (Å²) in [6, 6.07) is 7.25. The molecule has 0 unspecified atom stereocenters. The molecular formula is C22H31N7O2. The molecule has 4 rings (SSSR count). The number of benzene rings is 1. The number of methoxy groups -OCH3 is 1. The van der Waals surface area contributed by atoms with Crippen LogP contribution in [0, 0.1) is 0 Å². The highest BCUT2D eigenvalue weighted by atomic mass is 16.5. The lowest BCUT2D eigenvalue weighted by Crippen LogP contribution is -2.46. The zero-order valence-corrected chi connectivity index (χ0v) is 18.8. The van der Waals surface area contributed by atoms with E-state index in [9.17, 15) is 4.79 Å². The fourth-order valence-electron chi connectivity index (χ4n) is 3.98. The van der Waals surface area contributed by atoms with Crippen molar-refractivity contribution >= 4 is 23.5 Å². The Morgan fingerprint density at radius 1 is 1.13 bits per heavy atom. The quantitative estimate of drug-likeness (QED) is 0.802. The first-order chi connectivity index (χ1) is 14.9. The van der Waals surface area contributed by atoms with Gasteiger partial charge < -0.3 is 29.7 Å². The highest BCUT2D eigenvalue weighted by Crippen LogP contribution is 2.29. The van der Waals surface area contributed by atoms with Crippen LogP contribution in [0.2, 0.25) is 0 Å². The van der Waals surface area contributed by atoms with Crippen molar-refractivity contribution in [2.75, 3.05) is 76.1 Å². The van der Waals surface area contributed by atoms with E-state index in [0.29, 0.717) is 30.9 Å². The number of carbonyl (C=O) groups is 1. The number of hydrogen-bond donors (Lipinski definition) is 1. The summed E-state index contributed by atoms with van der Waals surface area (Å²) in [5.74, 6) is 2.39. The molecule has 3 heterocycles. The molecule has 9 nitrogen and oxygen atoms in total. The van der Waals surface area contributed by atoms with Crippen LogP contribution in [-0.4, -0.2) is 86.8 Å². The standard InChI is InChI=1S/C22H31N7O2/c1-26(2)20-18-15-29(22(30)23-16-6-5-7-17(14-16)31-4)9-8-19(18)24-21(25-20)28-12-10-27(3)11-13-28/h5-7,14H,8-13,15H2,1-4H3,(H,23,30). The Kier molecular flexibility index (Phi) is 6.13. The van der Waals surface area contributed by atoms with Gasteiger partial charge in [0, 0.05) is 70.6 Å².